The van der Waals surface area contributed by atoms with E-state index in [0.29, 0.717) is 34.9 Å². The smallest absolute Gasteiger partial charge is 0.266 e. The predicted molar refractivity (Wildman–Crippen MR) is 113 cm³/mol. The molecule has 0 saturated heterocycles. The first-order chi connectivity index (χ1) is 13.6. The zero-order valence-corrected chi connectivity index (χ0v) is 16.8. The summed E-state index contributed by atoms with van der Waals surface area (Å²) in [4.78, 5) is 29.8. The van der Waals surface area contributed by atoms with Crippen LogP contribution in [0, 0.1) is 0 Å². The molecule has 0 unspecified atom stereocenters. The summed E-state index contributed by atoms with van der Waals surface area (Å²) in [6.45, 7) is 5.13. The number of amides is 1. The summed E-state index contributed by atoms with van der Waals surface area (Å²) in [6.07, 6.45) is 0.877. The molecular formula is C21H23N3O3S. The van der Waals surface area contributed by atoms with Crippen molar-refractivity contribution in [1.29, 1.82) is 0 Å². The Morgan fingerprint density at radius 3 is 2.61 bits per heavy atom. The normalized spacial score (nSPS) is 10.8. The second-order valence-electron chi connectivity index (χ2n) is 6.12. The molecule has 7 heteroatoms. The molecule has 0 radical (unpaired) electrons. The van der Waals surface area contributed by atoms with Crippen LogP contribution in [0.25, 0.3) is 16.6 Å². The lowest BCUT2D eigenvalue weighted by atomic mass is 10.2. The molecule has 1 heterocycles. The van der Waals surface area contributed by atoms with Gasteiger partial charge >= 0.3 is 0 Å². The van der Waals surface area contributed by atoms with Gasteiger partial charge in [0.2, 0.25) is 5.91 Å². The van der Waals surface area contributed by atoms with Crippen molar-refractivity contribution in [2.24, 2.45) is 0 Å². The maximum Gasteiger partial charge on any atom is 0.266 e. The van der Waals surface area contributed by atoms with E-state index in [1.54, 1.807) is 16.7 Å². The summed E-state index contributed by atoms with van der Waals surface area (Å²) in [6, 6.07) is 14.5. The maximum absolute atomic E-state index is 13.2. The molecular weight excluding hydrogens is 374 g/mol. The van der Waals surface area contributed by atoms with Crippen LogP contribution in [0.1, 0.15) is 20.3 Å². The van der Waals surface area contributed by atoms with Crippen LogP contribution in [0.4, 0.5) is 0 Å². The topological polar surface area (TPSA) is 73.2 Å². The highest BCUT2D eigenvalue weighted by molar-refractivity contribution is 7.99. The van der Waals surface area contributed by atoms with Gasteiger partial charge in [0, 0.05) is 6.54 Å². The summed E-state index contributed by atoms with van der Waals surface area (Å²) >= 11 is 1.25. The zero-order valence-electron chi connectivity index (χ0n) is 16.0. The van der Waals surface area contributed by atoms with Crippen molar-refractivity contribution >= 4 is 28.6 Å². The van der Waals surface area contributed by atoms with E-state index >= 15 is 0 Å². The molecule has 1 amide bonds. The molecule has 3 rings (SSSR count). The fraction of sp³-hybridized carbons (Fsp3) is 0.286. The molecule has 28 heavy (non-hydrogen) atoms. The van der Waals surface area contributed by atoms with Crippen LogP contribution in [0.5, 0.6) is 5.75 Å². The molecule has 3 aromatic rings. The molecule has 1 aromatic heterocycles. The Labute approximate surface area is 167 Å². The van der Waals surface area contributed by atoms with E-state index in [0.717, 1.165) is 12.2 Å². The van der Waals surface area contributed by atoms with Crippen molar-refractivity contribution in [3.63, 3.8) is 0 Å². The van der Waals surface area contributed by atoms with E-state index in [-0.39, 0.29) is 17.2 Å². The number of aromatic nitrogens is 2. The second-order valence-corrected chi connectivity index (χ2v) is 7.06. The van der Waals surface area contributed by atoms with Crippen molar-refractivity contribution in [3.8, 4) is 11.4 Å². The fourth-order valence-corrected chi connectivity index (χ4v) is 3.58. The van der Waals surface area contributed by atoms with E-state index in [9.17, 15) is 9.59 Å². The molecule has 6 nitrogen and oxygen atoms in total. The van der Waals surface area contributed by atoms with Crippen LogP contribution < -0.4 is 15.6 Å². The highest BCUT2D eigenvalue weighted by Crippen LogP contribution is 2.22. The Bertz CT molecular complexity index is 1020. The van der Waals surface area contributed by atoms with E-state index in [1.165, 1.54) is 11.8 Å². The van der Waals surface area contributed by atoms with Gasteiger partial charge in [-0.1, -0.05) is 30.8 Å². The molecule has 0 aliphatic heterocycles. The number of nitrogens with one attached hydrogen (secondary N) is 1. The number of para-hydroxylation sites is 1. The minimum Gasteiger partial charge on any atom is -0.494 e. The number of nitrogens with zero attached hydrogens (tertiary/aromatic N) is 2. The molecule has 0 aliphatic rings. The average Bonchev–Trinajstić information content (AvgIpc) is 2.72. The minimum atomic E-state index is -0.161. The number of benzene rings is 2. The molecule has 0 atom stereocenters. The van der Waals surface area contributed by atoms with E-state index in [2.05, 4.69) is 10.3 Å². The Hall–Kier alpha value is -2.80. The van der Waals surface area contributed by atoms with Gasteiger partial charge in [0.1, 0.15) is 5.75 Å². The minimum absolute atomic E-state index is 0.0764. The van der Waals surface area contributed by atoms with Gasteiger partial charge in [0.25, 0.3) is 5.56 Å². The van der Waals surface area contributed by atoms with Crippen molar-refractivity contribution in [1.82, 2.24) is 14.9 Å². The lowest BCUT2D eigenvalue weighted by molar-refractivity contribution is -0.118. The maximum atomic E-state index is 13.2. The molecule has 1 N–H and O–H groups in total. The number of hydrogen-bond donors (Lipinski definition) is 1. The van der Waals surface area contributed by atoms with Crippen LogP contribution in [0.3, 0.4) is 0 Å². The van der Waals surface area contributed by atoms with Crippen molar-refractivity contribution in [2.75, 3.05) is 18.9 Å². The van der Waals surface area contributed by atoms with Crippen LogP contribution in [-0.2, 0) is 4.79 Å². The van der Waals surface area contributed by atoms with Gasteiger partial charge < -0.3 is 10.1 Å². The van der Waals surface area contributed by atoms with Crippen LogP contribution in [0.2, 0.25) is 0 Å². The second kappa shape index (κ2) is 9.41. The standard InChI is InChI=1S/C21H23N3O3S/c1-3-13-22-19(25)14-28-21-23-18-8-6-5-7-17(18)20(26)24(21)15-9-11-16(12-10-15)27-4-2/h5-12H,3-4,13-14H2,1-2H3,(H,22,25). The Morgan fingerprint density at radius 1 is 1.14 bits per heavy atom. The first-order valence-electron chi connectivity index (χ1n) is 9.28. The molecule has 0 spiro atoms. The van der Waals surface area contributed by atoms with Crippen LogP contribution >= 0.6 is 11.8 Å². The summed E-state index contributed by atoms with van der Waals surface area (Å²) < 4.78 is 7.03. The molecule has 0 aliphatic carbocycles. The first kappa shape index (κ1) is 19.9. The van der Waals surface area contributed by atoms with Crippen molar-refractivity contribution < 1.29 is 9.53 Å². The van der Waals surface area contributed by atoms with Gasteiger partial charge in [-0.25, -0.2) is 4.98 Å². The fourth-order valence-electron chi connectivity index (χ4n) is 2.74. The van der Waals surface area contributed by atoms with Gasteiger partial charge in [-0.3, -0.25) is 14.2 Å². The number of carbonyl (C=O) groups is 1. The van der Waals surface area contributed by atoms with E-state index < -0.39 is 0 Å². The summed E-state index contributed by atoms with van der Waals surface area (Å²) in [5, 5.41) is 3.87. The largest absolute Gasteiger partial charge is 0.494 e. The highest BCUT2D eigenvalue weighted by Gasteiger charge is 2.14. The molecule has 2 aromatic carbocycles. The lowest BCUT2D eigenvalue weighted by Gasteiger charge is -2.14. The SMILES string of the molecule is CCCNC(=O)CSc1nc2ccccc2c(=O)n1-c1ccc(OCC)cc1. The van der Waals surface area contributed by atoms with Crippen LogP contribution in [-0.4, -0.2) is 34.4 Å². The number of hydrogen-bond acceptors (Lipinski definition) is 5. The average molecular weight is 398 g/mol. The number of fused-ring (bicyclic) bond motifs is 1. The highest BCUT2D eigenvalue weighted by atomic mass is 32.2. The van der Waals surface area contributed by atoms with Gasteiger partial charge in [0.05, 0.1) is 29.0 Å². The summed E-state index contributed by atoms with van der Waals surface area (Å²) in [5.74, 6) is 0.857. The Morgan fingerprint density at radius 2 is 1.89 bits per heavy atom. The lowest BCUT2D eigenvalue weighted by Crippen LogP contribution is -2.27. The number of thioether (sulfide) groups is 1. The van der Waals surface area contributed by atoms with Crippen LogP contribution in [0.15, 0.2) is 58.5 Å². The number of carbonyl (C=O) groups excluding carboxylic acids is 1. The Kier molecular flexibility index (Phi) is 6.71. The van der Waals surface area contributed by atoms with Gasteiger partial charge in [-0.05, 0) is 49.7 Å². The van der Waals surface area contributed by atoms with Gasteiger partial charge in [0.15, 0.2) is 5.16 Å². The van der Waals surface area contributed by atoms with E-state index in [1.807, 2.05) is 50.2 Å². The van der Waals surface area contributed by atoms with Gasteiger partial charge in [-0.2, -0.15) is 0 Å². The van der Waals surface area contributed by atoms with Crippen molar-refractivity contribution in [2.45, 2.75) is 25.4 Å². The monoisotopic (exact) mass is 397 g/mol. The molecule has 146 valence electrons. The third-order valence-corrected chi connectivity index (χ3v) is 4.99. The van der Waals surface area contributed by atoms with E-state index in [4.69, 9.17) is 4.74 Å². The zero-order chi connectivity index (χ0) is 19.9. The molecule has 0 fully saturated rings. The van der Waals surface area contributed by atoms with Crippen molar-refractivity contribution in [3.05, 3.63) is 58.9 Å². The first-order valence-corrected chi connectivity index (χ1v) is 10.3. The third kappa shape index (κ3) is 4.54. The number of rotatable bonds is 8. The Balaban J connectivity index is 2.01. The predicted octanol–water partition coefficient (Wildman–Crippen LogP) is 3.40. The molecule has 0 bridgehead atoms. The summed E-state index contributed by atoms with van der Waals surface area (Å²) in [5.41, 5.74) is 1.14. The quantitative estimate of drug-likeness (QED) is 0.466. The van der Waals surface area contributed by atoms with Gasteiger partial charge in [-0.15, -0.1) is 0 Å². The molecule has 0 saturated carbocycles. The summed E-state index contributed by atoms with van der Waals surface area (Å²) in [7, 11) is 0. The third-order valence-electron chi connectivity index (χ3n) is 4.06. The number of ether oxygens (including phenoxy) is 1.